The van der Waals surface area contributed by atoms with Crippen molar-refractivity contribution >= 4 is 69.6 Å². The predicted octanol–water partition coefficient (Wildman–Crippen LogP) is 6.63. The number of hydrogen-bond acceptors (Lipinski definition) is 4. The molecule has 0 heterocycles. The molecule has 0 aliphatic carbocycles. The largest absolute Gasteiger partial charge is 0.273 e. The minimum atomic E-state index is -0.194. The molecule has 0 aromatic heterocycles. The van der Waals surface area contributed by atoms with Gasteiger partial charge in [-0.3, -0.25) is 9.59 Å². The molecule has 2 N–H and O–H groups in total. The van der Waals surface area contributed by atoms with Crippen molar-refractivity contribution < 1.29 is 9.59 Å². The smallest absolute Gasteiger partial charge is 0.240 e. The molecule has 2 amide bonds. The van der Waals surface area contributed by atoms with E-state index in [0.29, 0.717) is 57.2 Å². The van der Waals surface area contributed by atoms with Crippen LogP contribution in [0.3, 0.4) is 0 Å². The molecule has 6 nitrogen and oxygen atoms in total. The van der Waals surface area contributed by atoms with Gasteiger partial charge in [0.25, 0.3) is 0 Å². The van der Waals surface area contributed by atoms with E-state index in [0.717, 1.165) is 17.5 Å². The molecule has 10 heteroatoms. The van der Waals surface area contributed by atoms with Crippen molar-refractivity contribution in [3.63, 3.8) is 0 Å². The van der Waals surface area contributed by atoms with Crippen LogP contribution in [0.25, 0.3) is 0 Å². The van der Waals surface area contributed by atoms with Crippen LogP contribution < -0.4 is 10.9 Å². The Hall–Kier alpha value is -2.12. The molecule has 0 aliphatic rings. The Morgan fingerprint density at radius 2 is 1.06 bits per heavy atom. The highest BCUT2D eigenvalue weighted by atomic mass is 35.5. The highest BCUT2D eigenvalue weighted by molar-refractivity contribution is 6.42. The summed E-state index contributed by atoms with van der Waals surface area (Å²) in [6, 6.07) is 10.3. The second-order valence-electron chi connectivity index (χ2n) is 7.28. The zero-order chi connectivity index (χ0) is 24.4. The van der Waals surface area contributed by atoms with E-state index >= 15 is 0 Å². The van der Waals surface area contributed by atoms with Gasteiger partial charge >= 0.3 is 0 Å². The lowest BCUT2D eigenvalue weighted by atomic mass is 10.1. The monoisotopic (exact) mass is 528 g/mol. The number of benzene rings is 2. The summed E-state index contributed by atoms with van der Waals surface area (Å²) in [4.78, 5) is 23.9. The third-order valence-corrected chi connectivity index (χ3v) is 6.16. The van der Waals surface area contributed by atoms with Gasteiger partial charge in [0.1, 0.15) is 0 Å². The van der Waals surface area contributed by atoms with Crippen LogP contribution in [0.15, 0.2) is 46.6 Å². The Morgan fingerprint density at radius 1 is 0.667 bits per heavy atom. The predicted molar refractivity (Wildman–Crippen MR) is 137 cm³/mol. The maximum absolute atomic E-state index is 12.0. The minimum absolute atomic E-state index is 0.194. The van der Waals surface area contributed by atoms with Crippen LogP contribution in [0.1, 0.15) is 57.1 Å². The molecule has 0 atom stereocenters. The van der Waals surface area contributed by atoms with Crippen LogP contribution in [0.2, 0.25) is 20.1 Å². The topological polar surface area (TPSA) is 82.9 Å². The number of hydrogen-bond donors (Lipinski definition) is 2. The van der Waals surface area contributed by atoms with Crippen molar-refractivity contribution in [3.05, 3.63) is 67.6 Å². The summed E-state index contributed by atoms with van der Waals surface area (Å²) in [6.07, 6.45) is 2.65. The third kappa shape index (κ3) is 9.33. The number of nitrogens with zero attached hydrogens (tertiary/aromatic N) is 2. The van der Waals surface area contributed by atoms with Crippen molar-refractivity contribution in [2.75, 3.05) is 0 Å². The molecule has 2 rings (SSSR count). The maximum atomic E-state index is 12.0. The van der Waals surface area contributed by atoms with Crippen LogP contribution in [-0.4, -0.2) is 23.2 Å². The molecule has 2 aromatic rings. The average Bonchev–Trinajstić information content (AvgIpc) is 2.79. The number of hydrazone groups is 2. The number of carbonyl (C=O) groups excluding carboxylic acids is 2. The number of carbonyl (C=O) groups is 2. The molecule has 0 spiro atoms. The van der Waals surface area contributed by atoms with Gasteiger partial charge in [0.2, 0.25) is 11.8 Å². The summed E-state index contributed by atoms with van der Waals surface area (Å²) in [7, 11) is 0. The van der Waals surface area contributed by atoms with Crippen molar-refractivity contribution in [2.45, 2.75) is 46.0 Å². The lowest BCUT2D eigenvalue weighted by Crippen LogP contribution is -2.19. The fourth-order valence-corrected chi connectivity index (χ4v) is 3.32. The van der Waals surface area contributed by atoms with Gasteiger partial charge in [0, 0.05) is 12.8 Å². The molecule has 0 aliphatic heterocycles. The summed E-state index contributed by atoms with van der Waals surface area (Å²) in [6.45, 7) is 3.54. The minimum Gasteiger partial charge on any atom is -0.273 e. The molecular weight excluding hydrogens is 506 g/mol. The van der Waals surface area contributed by atoms with Crippen LogP contribution in [0, 0.1) is 0 Å². The van der Waals surface area contributed by atoms with Crippen LogP contribution in [0.4, 0.5) is 0 Å². The van der Waals surface area contributed by atoms with E-state index in [1.165, 1.54) is 0 Å². The molecule has 0 unspecified atom stereocenters. The van der Waals surface area contributed by atoms with E-state index in [2.05, 4.69) is 21.1 Å². The molecule has 0 saturated carbocycles. The normalized spacial score (nSPS) is 11.9. The van der Waals surface area contributed by atoms with Crippen molar-refractivity contribution in [3.8, 4) is 0 Å². The lowest BCUT2D eigenvalue weighted by Gasteiger charge is -2.05. The lowest BCUT2D eigenvalue weighted by molar-refractivity contribution is -0.121. The van der Waals surface area contributed by atoms with Crippen LogP contribution >= 0.6 is 46.4 Å². The van der Waals surface area contributed by atoms with Crippen molar-refractivity contribution in [1.29, 1.82) is 0 Å². The van der Waals surface area contributed by atoms with Gasteiger partial charge in [0.15, 0.2) is 0 Å². The summed E-state index contributed by atoms with van der Waals surface area (Å²) < 4.78 is 0. The number of unbranched alkanes of at least 4 members (excludes halogenated alkanes) is 2. The number of amides is 2. The molecule has 0 bridgehead atoms. The van der Waals surface area contributed by atoms with Gasteiger partial charge in [-0.15, -0.1) is 0 Å². The molecule has 2 aromatic carbocycles. The fraction of sp³-hybridized carbons (Fsp3) is 0.304. The summed E-state index contributed by atoms with van der Waals surface area (Å²) in [5, 5.41) is 9.94. The van der Waals surface area contributed by atoms with Crippen molar-refractivity contribution in [1.82, 2.24) is 10.9 Å². The van der Waals surface area contributed by atoms with Crippen molar-refractivity contribution in [2.24, 2.45) is 10.2 Å². The second-order valence-corrected chi connectivity index (χ2v) is 8.91. The maximum Gasteiger partial charge on any atom is 0.240 e. The summed E-state index contributed by atoms with van der Waals surface area (Å²) in [5.41, 5.74) is 7.84. The SMILES string of the molecule is CC(=NNC(=O)CCCCCC(=O)NN=C(C)c1ccc(Cl)c(Cl)c1)c1ccc(Cl)c(Cl)c1. The van der Waals surface area contributed by atoms with Gasteiger partial charge < -0.3 is 0 Å². The quantitative estimate of drug-likeness (QED) is 0.205. The van der Waals surface area contributed by atoms with Gasteiger partial charge in [0.05, 0.1) is 31.5 Å². The Balaban J connectivity index is 1.65. The highest BCUT2D eigenvalue weighted by Crippen LogP contribution is 2.23. The first-order valence-corrected chi connectivity index (χ1v) is 11.8. The van der Waals surface area contributed by atoms with Crippen LogP contribution in [-0.2, 0) is 9.59 Å². The Kier molecular flexibility index (Phi) is 11.1. The zero-order valence-corrected chi connectivity index (χ0v) is 21.2. The van der Waals surface area contributed by atoms with Gasteiger partial charge in [-0.1, -0.05) is 65.0 Å². The molecule has 0 radical (unpaired) electrons. The van der Waals surface area contributed by atoms with E-state index in [9.17, 15) is 9.59 Å². The molecule has 0 saturated heterocycles. The third-order valence-electron chi connectivity index (χ3n) is 4.68. The Labute approximate surface area is 213 Å². The molecule has 0 fully saturated rings. The van der Waals surface area contributed by atoms with Gasteiger partial charge in [-0.25, -0.2) is 10.9 Å². The molecule has 176 valence electrons. The first kappa shape index (κ1) is 27.1. The summed E-state index contributed by atoms with van der Waals surface area (Å²) >= 11 is 23.8. The highest BCUT2D eigenvalue weighted by Gasteiger charge is 2.06. The van der Waals surface area contributed by atoms with E-state index in [4.69, 9.17) is 46.4 Å². The molecule has 33 heavy (non-hydrogen) atoms. The van der Waals surface area contributed by atoms with Gasteiger partial charge in [-0.2, -0.15) is 10.2 Å². The first-order chi connectivity index (χ1) is 15.7. The zero-order valence-electron chi connectivity index (χ0n) is 18.2. The van der Waals surface area contributed by atoms with Crippen LogP contribution in [0.5, 0.6) is 0 Å². The molecular formula is C23H24Cl4N4O2. The van der Waals surface area contributed by atoms with Gasteiger partial charge in [-0.05, 0) is 62.1 Å². The first-order valence-electron chi connectivity index (χ1n) is 10.2. The van der Waals surface area contributed by atoms with E-state index in [-0.39, 0.29) is 11.8 Å². The van der Waals surface area contributed by atoms with E-state index < -0.39 is 0 Å². The number of nitrogens with one attached hydrogen (secondary N) is 2. The summed E-state index contributed by atoms with van der Waals surface area (Å²) in [5.74, 6) is -0.388. The fourth-order valence-electron chi connectivity index (χ4n) is 2.72. The standard InChI is InChI=1S/C23H24Cl4N4O2/c1-14(16-8-10-18(24)20(26)12-16)28-30-22(32)6-4-3-5-7-23(33)31-29-15(2)17-9-11-19(25)21(27)13-17/h8-13H,3-7H2,1-2H3,(H,30,32)(H,31,33). The number of halogens is 4. The number of rotatable bonds is 10. The van der Waals surface area contributed by atoms with E-state index in [1.54, 1.807) is 50.2 Å². The Morgan fingerprint density at radius 3 is 1.42 bits per heavy atom. The second kappa shape index (κ2) is 13.6. The van der Waals surface area contributed by atoms with E-state index in [1.807, 2.05) is 0 Å². The average molecular weight is 530 g/mol. The Bertz CT molecular complexity index is 987.